The number of fused-ring (bicyclic) bond motifs is 1. The summed E-state index contributed by atoms with van der Waals surface area (Å²) in [6.45, 7) is 4.34. The zero-order chi connectivity index (χ0) is 11.8. The van der Waals surface area contributed by atoms with Gasteiger partial charge >= 0.3 is 0 Å². The van der Waals surface area contributed by atoms with Crippen molar-refractivity contribution in [3.05, 3.63) is 29.3 Å². The summed E-state index contributed by atoms with van der Waals surface area (Å²) in [6.07, 6.45) is 2.39. The fourth-order valence-electron chi connectivity index (χ4n) is 2.99. The van der Waals surface area contributed by atoms with Gasteiger partial charge in [0.25, 0.3) is 0 Å². The van der Waals surface area contributed by atoms with E-state index in [1.165, 1.54) is 29.7 Å². The highest BCUT2D eigenvalue weighted by molar-refractivity contribution is 5.52. The first-order valence-corrected chi connectivity index (χ1v) is 6.53. The van der Waals surface area contributed by atoms with Gasteiger partial charge in [-0.3, -0.25) is 4.90 Å². The average molecular weight is 231 g/mol. The van der Waals surface area contributed by atoms with E-state index in [0.29, 0.717) is 6.04 Å². The Morgan fingerprint density at radius 1 is 1.24 bits per heavy atom. The number of benzene rings is 1. The lowest BCUT2D eigenvalue weighted by Gasteiger charge is -2.32. The van der Waals surface area contributed by atoms with Gasteiger partial charge in [0, 0.05) is 37.9 Å². The van der Waals surface area contributed by atoms with E-state index in [4.69, 9.17) is 5.73 Å². The first kappa shape index (κ1) is 11.1. The first-order chi connectivity index (χ1) is 8.22. The minimum absolute atomic E-state index is 0.347. The smallest absolute Gasteiger partial charge is 0.0370 e. The molecular formula is C14H21N3. The Labute approximate surface area is 103 Å². The summed E-state index contributed by atoms with van der Waals surface area (Å²) in [7, 11) is 2.18. The molecule has 1 aromatic rings. The number of hydrogen-bond acceptors (Lipinski definition) is 3. The van der Waals surface area contributed by atoms with Crippen molar-refractivity contribution in [3.8, 4) is 0 Å². The van der Waals surface area contributed by atoms with Gasteiger partial charge < -0.3 is 10.6 Å². The minimum atomic E-state index is 0.347. The molecule has 0 unspecified atom stereocenters. The SMILES string of the molecule is CN1Cc2ccc(N3CCC[C@@H](N)C3)cc2C1. The van der Waals surface area contributed by atoms with Crippen LogP contribution in [-0.4, -0.2) is 31.1 Å². The molecule has 2 aliphatic rings. The molecule has 2 N–H and O–H groups in total. The largest absolute Gasteiger partial charge is 0.370 e. The second-order valence-corrected chi connectivity index (χ2v) is 5.47. The fraction of sp³-hybridized carbons (Fsp3) is 0.571. The molecule has 2 aliphatic heterocycles. The highest BCUT2D eigenvalue weighted by Crippen LogP contribution is 2.27. The van der Waals surface area contributed by atoms with Gasteiger partial charge in [0.1, 0.15) is 0 Å². The quantitative estimate of drug-likeness (QED) is 0.796. The molecule has 3 heteroatoms. The van der Waals surface area contributed by atoms with Gasteiger partial charge in [-0.2, -0.15) is 0 Å². The highest BCUT2D eigenvalue weighted by atomic mass is 15.2. The van der Waals surface area contributed by atoms with Crippen molar-refractivity contribution in [1.29, 1.82) is 0 Å². The molecule has 1 fully saturated rings. The van der Waals surface area contributed by atoms with Crippen molar-refractivity contribution >= 4 is 5.69 Å². The lowest BCUT2D eigenvalue weighted by atomic mass is 10.0. The van der Waals surface area contributed by atoms with E-state index >= 15 is 0 Å². The van der Waals surface area contributed by atoms with Crippen molar-refractivity contribution in [3.63, 3.8) is 0 Å². The van der Waals surface area contributed by atoms with Crippen LogP contribution in [0.1, 0.15) is 24.0 Å². The van der Waals surface area contributed by atoms with Crippen molar-refractivity contribution < 1.29 is 0 Å². The summed E-state index contributed by atoms with van der Waals surface area (Å²) in [5.74, 6) is 0. The fourth-order valence-corrected chi connectivity index (χ4v) is 2.99. The lowest BCUT2D eigenvalue weighted by molar-refractivity contribution is 0.353. The topological polar surface area (TPSA) is 32.5 Å². The van der Waals surface area contributed by atoms with Gasteiger partial charge in [-0.25, -0.2) is 0 Å². The molecule has 1 saturated heterocycles. The second-order valence-electron chi connectivity index (χ2n) is 5.47. The molecule has 1 aromatic carbocycles. The lowest BCUT2D eigenvalue weighted by Crippen LogP contribution is -2.42. The van der Waals surface area contributed by atoms with Crippen LogP contribution >= 0.6 is 0 Å². The number of nitrogens with two attached hydrogens (primary N) is 1. The molecule has 0 bridgehead atoms. The third-order valence-electron chi connectivity index (χ3n) is 3.89. The summed E-state index contributed by atoms with van der Waals surface area (Å²) in [5, 5.41) is 0. The number of anilines is 1. The van der Waals surface area contributed by atoms with Crippen LogP contribution in [0, 0.1) is 0 Å². The summed E-state index contributed by atoms with van der Waals surface area (Å²) < 4.78 is 0. The zero-order valence-corrected chi connectivity index (χ0v) is 10.5. The van der Waals surface area contributed by atoms with Gasteiger partial charge in [-0.05, 0) is 43.1 Å². The maximum absolute atomic E-state index is 6.05. The van der Waals surface area contributed by atoms with Crippen LogP contribution in [0.25, 0.3) is 0 Å². The summed E-state index contributed by atoms with van der Waals surface area (Å²) in [6, 6.07) is 7.25. The number of piperidine rings is 1. The zero-order valence-electron chi connectivity index (χ0n) is 10.5. The van der Waals surface area contributed by atoms with Gasteiger partial charge in [0.2, 0.25) is 0 Å². The molecule has 0 amide bonds. The van der Waals surface area contributed by atoms with Crippen LogP contribution in [0.15, 0.2) is 18.2 Å². The van der Waals surface area contributed by atoms with E-state index in [1.54, 1.807) is 0 Å². The summed E-state index contributed by atoms with van der Waals surface area (Å²) in [5.41, 5.74) is 10.4. The van der Waals surface area contributed by atoms with E-state index in [-0.39, 0.29) is 0 Å². The van der Waals surface area contributed by atoms with Crippen LogP contribution < -0.4 is 10.6 Å². The third-order valence-corrected chi connectivity index (χ3v) is 3.89. The van der Waals surface area contributed by atoms with E-state index in [1.807, 2.05) is 0 Å². The Kier molecular flexibility index (Phi) is 2.81. The van der Waals surface area contributed by atoms with Crippen LogP contribution in [0.5, 0.6) is 0 Å². The van der Waals surface area contributed by atoms with Gasteiger partial charge in [-0.1, -0.05) is 6.07 Å². The number of rotatable bonds is 1. The van der Waals surface area contributed by atoms with E-state index in [9.17, 15) is 0 Å². The number of hydrogen-bond donors (Lipinski definition) is 1. The predicted octanol–water partition coefficient (Wildman–Crippen LogP) is 1.56. The van der Waals surface area contributed by atoms with E-state index < -0.39 is 0 Å². The molecule has 0 aliphatic carbocycles. The molecule has 0 aromatic heterocycles. The predicted molar refractivity (Wildman–Crippen MR) is 71.0 cm³/mol. The van der Waals surface area contributed by atoms with Gasteiger partial charge in [0.05, 0.1) is 0 Å². The standard InChI is InChI=1S/C14H21N3/c1-16-8-11-4-5-14(7-12(11)9-16)17-6-2-3-13(15)10-17/h4-5,7,13H,2-3,6,8-10,15H2,1H3/t13-/m1/s1. The Morgan fingerprint density at radius 2 is 2.06 bits per heavy atom. The highest BCUT2D eigenvalue weighted by Gasteiger charge is 2.20. The maximum atomic E-state index is 6.05. The molecule has 0 spiro atoms. The van der Waals surface area contributed by atoms with Crippen molar-refractivity contribution in [2.45, 2.75) is 32.0 Å². The molecule has 0 saturated carbocycles. The Hall–Kier alpha value is -1.06. The summed E-state index contributed by atoms with van der Waals surface area (Å²) in [4.78, 5) is 4.79. The first-order valence-electron chi connectivity index (χ1n) is 6.53. The van der Waals surface area contributed by atoms with Crippen molar-refractivity contribution in [2.24, 2.45) is 5.73 Å². The normalized spacial score (nSPS) is 25.1. The maximum Gasteiger partial charge on any atom is 0.0370 e. The Morgan fingerprint density at radius 3 is 2.88 bits per heavy atom. The molecule has 3 nitrogen and oxygen atoms in total. The van der Waals surface area contributed by atoms with Crippen molar-refractivity contribution in [1.82, 2.24) is 4.90 Å². The average Bonchev–Trinajstić information content (AvgIpc) is 2.68. The van der Waals surface area contributed by atoms with Crippen molar-refractivity contribution in [2.75, 3.05) is 25.0 Å². The molecule has 92 valence electrons. The molecule has 1 atom stereocenters. The summed E-state index contributed by atoms with van der Waals surface area (Å²) >= 11 is 0. The Bertz CT molecular complexity index is 416. The van der Waals surface area contributed by atoms with Crippen LogP contribution in [-0.2, 0) is 13.1 Å². The van der Waals surface area contributed by atoms with Gasteiger partial charge in [0.15, 0.2) is 0 Å². The number of nitrogens with zero attached hydrogens (tertiary/aromatic N) is 2. The Balaban J connectivity index is 1.82. The molecule has 3 rings (SSSR count). The van der Waals surface area contributed by atoms with Crippen LogP contribution in [0.2, 0.25) is 0 Å². The second kappa shape index (κ2) is 4.31. The molecule has 2 heterocycles. The van der Waals surface area contributed by atoms with E-state index in [2.05, 4.69) is 35.0 Å². The van der Waals surface area contributed by atoms with E-state index in [0.717, 1.165) is 26.2 Å². The monoisotopic (exact) mass is 231 g/mol. The van der Waals surface area contributed by atoms with Crippen LogP contribution in [0.4, 0.5) is 5.69 Å². The molecule has 17 heavy (non-hydrogen) atoms. The minimum Gasteiger partial charge on any atom is -0.370 e. The molecule has 0 radical (unpaired) electrons. The third kappa shape index (κ3) is 2.17. The van der Waals surface area contributed by atoms with Gasteiger partial charge in [-0.15, -0.1) is 0 Å². The van der Waals surface area contributed by atoms with Crippen LogP contribution in [0.3, 0.4) is 0 Å². The molecular weight excluding hydrogens is 210 g/mol.